The second-order valence-electron chi connectivity index (χ2n) is 2.01. The van der Waals surface area contributed by atoms with Crippen LogP contribution in [-0.2, 0) is 0 Å². The smallest absolute Gasteiger partial charge is 0.0898 e. The molecule has 49 valence electrons. The summed E-state index contributed by atoms with van der Waals surface area (Å²) in [5.74, 6) is 0. The van der Waals surface area contributed by atoms with Crippen LogP contribution in [0.4, 0.5) is 0 Å². The lowest BCUT2D eigenvalue weighted by molar-refractivity contribution is 0.759. The topological polar surface area (TPSA) is 36.7 Å². The summed E-state index contributed by atoms with van der Waals surface area (Å²) in [6.07, 6.45) is 0. The van der Waals surface area contributed by atoms with Crippen LogP contribution in [0.15, 0.2) is 5.38 Å². The summed E-state index contributed by atoms with van der Waals surface area (Å²) in [6, 6.07) is -0.171. The maximum atomic E-state index is 7.28. The molecule has 0 amide bonds. The SMILES string of the molecule is Cc1nc(C(C)[NH])cs1. The molecule has 0 aliphatic carbocycles. The van der Waals surface area contributed by atoms with Crippen molar-refractivity contribution in [3.63, 3.8) is 0 Å². The van der Waals surface area contributed by atoms with E-state index in [9.17, 15) is 0 Å². The van der Waals surface area contributed by atoms with Gasteiger partial charge in [-0.25, -0.2) is 10.7 Å². The average Bonchev–Trinajstić information content (AvgIpc) is 2.14. The number of thiazole rings is 1. The Hall–Kier alpha value is -0.410. The molecule has 1 radical (unpaired) electrons. The van der Waals surface area contributed by atoms with Gasteiger partial charge in [0.2, 0.25) is 0 Å². The van der Waals surface area contributed by atoms with Crippen LogP contribution < -0.4 is 5.73 Å². The van der Waals surface area contributed by atoms with Crippen LogP contribution in [0.5, 0.6) is 0 Å². The van der Waals surface area contributed by atoms with Gasteiger partial charge < -0.3 is 0 Å². The van der Waals surface area contributed by atoms with Gasteiger partial charge in [-0.05, 0) is 13.8 Å². The van der Waals surface area contributed by atoms with E-state index >= 15 is 0 Å². The summed E-state index contributed by atoms with van der Waals surface area (Å²) in [7, 11) is 0. The van der Waals surface area contributed by atoms with E-state index in [-0.39, 0.29) is 6.04 Å². The van der Waals surface area contributed by atoms with E-state index in [4.69, 9.17) is 5.73 Å². The van der Waals surface area contributed by atoms with Gasteiger partial charge in [0.15, 0.2) is 0 Å². The average molecular weight is 141 g/mol. The first-order valence-electron chi connectivity index (χ1n) is 2.83. The van der Waals surface area contributed by atoms with Crippen LogP contribution in [0.1, 0.15) is 23.7 Å². The van der Waals surface area contributed by atoms with Gasteiger partial charge in [0.1, 0.15) is 0 Å². The normalized spacial score (nSPS) is 13.7. The van der Waals surface area contributed by atoms with Gasteiger partial charge in [0.05, 0.1) is 16.7 Å². The van der Waals surface area contributed by atoms with E-state index in [1.807, 2.05) is 19.2 Å². The fraction of sp³-hybridized carbons (Fsp3) is 0.500. The highest BCUT2D eigenvalue weighted by molar-refractivity contribution is 7.09. The Labute approximate surface area is 58.7 Å². The predicted molar refractivity (Wildman–Crippen MR) is 38.4 cm³/mol. The fourth-order valence-electron chi connectivity index (χ4n) is 0.579. The lowest BCUT2D eigenvalue weighted by atomic mass is 10.3. The second kappa shape index (κ2) is 2.45. The van der Waals surface area contributed by atoms with E-state index in [0.29, 0.717) is 0 Å². The fourth-order valence-corrected chi connectivity index (χ4v) is 1.29. The third kappa shape index (κ3) is 1.50. The maximum Gasteiger partial charge on any atom is 0.0898 e. The molecule has 0 saturated heterocycles. The number of nitrogens with one attached hydrogen (secondary N) is 1. The van der Waals surface area contributed by atoms with E-state index in [0.717, 1.165) is 10.7 Å². The van der Waals surface area contributed by atoms with Crippen molar-refractivity contribution in [1.29, 1.82) is 0 Å². The Morgan fingerprint density at radius 2 is 2.44 bits per heavy atom. The zero-order valence-corrected chi connectivity index (χ0v) is 6.33. The number of hydrogen-bond donors (Lipinski definition) is 0. The molecule has 1 aromatic rings. The number of aromatic nitrogens is 1. The van der Waals surface area contributed by atoms with E-state index < -0.39 is 0 Å². The maximum absolute atomic E-state index is 7.28. The van der Waals surface area contributed by atoms with Gasteiger partial charge in [-0.1, -0.05) is 0 Å². The molecule has 0 aromatic carbocycles. The van der Waals surface area contributed by atoms with Crippen molar-refractivity contribution in [3.05, 3.63) is 16.1 Å². The molecule has 1 rings (SSSR count). The van der Waals surface area contributed by atoms with Crippen LogP contribution >= 0.6 is 11.3 Å². The standard InChI is InChI=1S/C6H9N2S/c1-4(7)6-3-9-5(2)8-6/h3-4,7H,1-2H3. The summed E-state index contributed by atoms with van der Waals surface area (Å²) in [4.78, 5) is 4.14. The molecule has 1 N–H and O–H groups in total. The second-order valence-corrected chi connectivity index (χ2v) is 3.08. The summed E-state index contributed by atoms with van der Waals surface area (Å²) in [5, 5.41) is 2.98. The first-order valence-corrected chi connectivity index (χ1v) is 3.71. The third-order valence-corrected chi connectivity index (χ3v) is 1.87. The molecule has 1 aromatic heterocycles. The van der Waals surface area contributed by atoms with Crippen LogP contribution in [0, 0.1) is 6.92 Å². The lowest BCUT2D eigenvalue weighted by Gasteiger charge is -1.94. The molecule has 3 heteroatoms. The van der Waals surface area contributed by atoms with E-state index in [1.165, 1.54) is 0 Å². The first kappa shape index (κ1) is 6.71. The number of aryl methyl sites for hydroxylation is 1. The summed E-state index contributed by atoms with van der Waals surface area (Å²) in [5.41, 5.74) is 8.16. The Morgan fingerprint density at radius 3 is 2.67 bits per heavy atom. The molecule has 1 atom stereocenters. The zero-order chi connectivity index (χ0) is 6.85. The summed E-state index contributed by atoms with van der Waals surface area (Å²) in [6.45, 7) is 3.78. The lowest BCUT2D eigenvalue weighted by Crippen LogP contribution is -1.92. The molecule has 2 nitrogen and oxygen atoms in total. The van der Waals surface area contributed by atoms with E-state index in [2.05, 4.69) is 4.98 Å². The minimum Gasteiger partial charge on any atom is -0.248 e. The van der Waals surface area contributed by atoms with Gasteiger partial charge in [0, 0.05) is 5.38 Å². The number of nitrogens with zero attached hydrogens (tertiary/aromatic N) is 1. The molecule has 1 heterocycles. The molecule has 1 unspecified atom stereocenters. The van der Waals surface area contributed by atoms with Crippen molar-refractivity contribution >= 4 is 11.3 Å². The van der Waals surface area contributed by atoms with Gasteiger partial charge in [0.25, 0.3) is 0 Å². The van der Waals surface area contributed by atoms with Crippen molar-refractivity contribution in [2.45, 2.75) is 19.9 Å². The van der Waals surface area contributed by atoms with Gasteiger partial charge in [-0.15, -0.1) is 11.3 Å². The minimum absolute atomic E-state index is 0.171. The van der Waals surface area contributed by atoms with Crippen molar-refractivity contribution in [2.75, 3.05) is 0 Å². The minimum atomic E-state index is -0.171. The molecule has 0 spiro atoms. The largest absolute Gasteiger partial charge is 0.248 e. The van der Waals surface area contributed by atoms with Crippen LogP contribution in [0.25, 0.3) is 0 Å². The highest BCUT2D eigenvalue weighted by atomic mass is 32.1. The van der Waals surface area contributed by atoms with Crippen molar-refractivity contribution in [3.8, 4) is 0 Å². The van der Waals surface area contributed by atoms with Crippen LogP contribution in [0.3, 0.4) is 0 Å². The molecular formula is C6H9N2S. The molecule has 9 heavy (non-hydrogen) atoms. The molecule has 0 saturated carbocycles. The van der Waals surface area contributed by atoms with Gasteiger partial charge in [-0.2, -0.15) is 0 Å². The van der Waals surface area contributed by atoms with Gasteiger partial charge >= 0.3 is 0 Å². The Kier molecular flexibility index (Phi) is 1.83. The highest BCUT2D eigenvalue weighted by Crippen LogP contribution is 2.13. The van der Waals surface area contributed by atoms with Crippen LogP contribution in [0.2, 0.25) is 0 Å². The predicted octanol–water partition coefficient (Wildman–Crippen LogP) is 1.80. The molecule has 0 aliphatic rings. The van der Waals surface area contributed by atoms with Crippen molar-refractivity contribution in [1.82, 2.24) is 10.7 Å². The molecule has 0 fully saturated rings. The summed E-state index contributed by atoms with van der Waals surface area (Å²) < 4.78 is 0. The molecule has 0 bridgehead atoms. The molecule has 0 aliphatic heterocycles. The molecular weight excluding hydrogens is 132 g/mol. The van der Waals surface area contributed by atoms with Crippen molar-refractivity contribution < 1.29 is 0 Å². The van der Waals surface area contributed by atoms with Gasteiger partial charge in [-0.3, -0.25) is 0 Å². The third-order valence-electron chi connectivity index (χ3n) is 1.08. The van der Waals surface area contributed by atoms with Crippen molar-refractivity contribution in [2.24, 2.45) is 0 Å². The number of rotatable bonds is 1. The highest BCUT2D eigenvalue weighted by Gasteiger charge is 2.01. The Bertz CT molecular complexity index is 193. The Balaban J connectivity index is 2.85. The van der Waals surface area contributed by atoms with Crippen LogP contribution in [-0.4, -0.2) is 4.98 Å². The first-order chi connectivity index (χ1) is 4.20. The zero-order valence-electron chi connectivity index (χ0n) is 5.51. The summed E-state index contributed by atoms with van der Waals surface area (Å²) >= 11 is 1.60. The Morgan fingerprint density at radius 1 is 1.78 bits per heavy atom. The number of hydrogen-bond acceptors (Lipinski definition) is 2. The quantitative estimate of drug-likeness (QED) is 0.587. The monoisotopic (exact) mass is 141 g/mol. The van der Waals surface area contributed by atoms with E-state index in [1.54, 1.807) is 11.3 Å².